The first-order valence-corrected chi connectivity index (χ1v) is 13.3. The van der Waals surface area contributed by atoms with Crippen molar-refractivity contribution < 1.29 is 17.9 Å². The Labute approximate surface area is 209 Å². The lowest BCUT2D eigenvalue weighted by atomic mass is 10.0. The van der Waals surface area contributed by atoms with Gasteiger partial charge < -0.3 is 10.1 Å². The summed E-state index contributed by atoms with van der Waals surface area (Å²) in [5, 5.41) is 2.95. The largest absolute Gasteiger partial charge is 0.494 e. The number of halogens is 1. The summed E-state index contributed by atoms with van der Waals surface area (Å²) < 4.78 is 35.5. The Morgan fingerprint density at radius 3 is 2.32 bits per heavy atom. The Bertz CT molecular complexity index is 1220. The van der Waals surface area contributed by atoms with E-state index in [1.807, 2.05) is 68.4 Å². The number of hydrogen-bond acceptors (Lipinski definition) is 4. The molecule has 2 atom stereocenters. The molecule has 3 rings (SSSR count). The van der Waals surface area contributed by atoms with Crippen LogP contribution in [0.4, 0.5) is 0 Å². The summed E-state index contributed by atoms with van der Waals surface area (Å²) in [6, 6.07) is 20.3. The van der Waals surface area contributed by atoms with Crippen molar-refractivity contribution in [2.24, 2.45) is 0 Å². The number of aryl methyl sites for hydroxylation is 1. The minimum Gasteiger partial charge on any atom is -0.494 e. The van der Waals surface area contributed by atoms with Gasteiger partial charge in [0.1, 0.15) is 11.8 Å². The summed E-state index contributed by atoms with van der Waals surface area (Å²) in [7, 11) is -3.96. The molecule has 0 fully saturated rings. The van der Waals surface area contributed by atoms with Crippen LogP contribution in [0.15, 0.2) is 82.2 Å². The first-order valence-electron chi connectivity index (χ1n) is 11.0. The number of carbonyl (C=O) groups excluding carboxylic acids is 1. The van der Waals surface area contributed by atoms with Crippen LogP contribution in [0.1, 0.15) is 36.6 Å². The van der Waals surface area contributed by atoms with E-state index in [4.69, 9.17) is 4.74 Å². The fourth-order valence-electron chi connectivity index (χ4n) is 3.55. The summed E-state index contributed by atoms with van der Waals surface area (Å²) in [5.41, 5.74) is 2.47. The molecule has 3 aromatic carbocycles. The number of ether oxygens (including phenoxy) is 1. The van der Waals surface area contributed by atoms with Crippen molar-refractivity contribution in [2.45, 2.75) is 44.2 Å². The Kier molecular flexibility index (Phi) is 8.88. The van der Waals surface area contributed by atoms with Crippen LogP contribution in [0.2, 0.25) is 0 Å². The maximum Gasteiger partial charge on any atom is 0.241 e. The average molecular weight is 545 g/mol. The van der Waals surface area contributed by atoms with Crippen LogP contribution in [0, 0.1) is 6.92 Å². The number of nitrogens with one attached hydrogen (secondary N) is 2. The van der Waals surface area contributed by atoms with Gasteiger partial charge in [-0.15, -0.1) is 0 Å². The Morgan fingerprint density at radius 1 is 1.03 bits per heavy atom. The molecule has 0 bridgehead atoms. The van der Waals surface area contributed by atoms with Crippen LogP contribution in [-0.4, -0.2) is 27.0 Å². The van der Waals surface area contributed by atoms with E-state index in [9.17, 15) is 13.2 Å². The van der Waals surface area contributed by atoms with E-state index in [0.717, 1.165) is 15.6 Å². The fourth-order valence-corrected chi connectivity index (χ4v) is 5.09. The van der Waals surface area contributed by atoms with Gasteiger partial charge in [0.15, 0.2) is 0 Å². The van der Waals surface area contributed by atoms with E-state index < -0.39 is 22.0 Å². The molecule has 0 saturated heterocycles. The Balaban J connectivity index is 1.84. The molecule has 0 aliphatic rings. The molecule has 6 nitrogen and oxygen atoms in total. The van der Waals surface area contributed by atoms with E-state index in [1.165, 1.54) is 6.07 Å². The molecule has 0 heterocycles. The number of carbonyl (C=O) groups is 1. The van der Waals surface area contributed by atoms with Crippen molar-refractivity contribution >= 4 is 31.9 Å². The van der Waals surface area contributed by atoms with Gasteiger partial charge in [-0.2, -0.15) is 4.72 Å². The normalized spacial score (nSPS) is 13.2. The van der Waals surface area contributed by atoms with Gasteiger partial charge in [0.2, 0.25) is 15.9 Å². The molecule has 2 unspecified atom stereocenters. The van der Waals surface area contributed by atoms with Gasteiger partial charge in [-0.3, -0.25) is 4.79 Å². The standard InChI is InChI=1S/C26H29BrN2O4S/c1-4-33-25-15-14-23(16-18(25)2)34(31,32)29-24(17-20-8-6-5-7-9-20)26(30)28-19(3)21-10-12-22(27)13-11-21/h5-16,19,24,29H,4,17H2,1-3H3,(H,28,30). The molecule has 0 aromatic heterocycles. The third-order valence-electron chi connectivity index (χ3n) is 5.38. The highest BCUT2D eigenvalue weighted by molar-refractivity contribution is 9.10. The lowest BCUT2D eigenvalue weighted by molar-refractivity contribution is -0.123. The molecule has 8 heteroatoms. The number of benzene rings is 3. The maximum atomic E-state index is 13.2. The van der Waals surface area contributed by atoms with Gasteiger partial charge >= 0.3 is 0 Å². The topological polar surface area (TPSA) is 84.5 Å². The smallest absolute Gasteiger partial charge is 0.241 e. The molecule has 0 saturated carbocycles. The summed E-state index contributed by atoms with van der Waals surface area (Å²) in [4.78, 5) is 13.3. The summed E-state index contributed by atoms with van der Waals surface area (Å²) in [5.74, 6) is 0.230. The molecule has 180 valence electrons. The summed E-state index contributed by atoms with van der Waals surface area (Å²) in [6.45, 7) is 6.01. The van der Waals surface area contributed by atoms with Gasteiger partial charge in [0.25, 0.3) is 0 Å². The fraction of sp³-hybridized carbons (Fsp3) is 0.269. The third-order valence-corrected chi connectivity index (χ3v) is 7.38. The first-order chi connectivity index (χ1) is 16.2. The van der Waals surface area contributed by atoms with Crippen molar-refractivity contribution in [3.05, 3.63) is 94.0 Å². The summed E-state index contributed by atoms with van der Waals surface area (Å²) >= 11 is 3.41. The maximum absolute atomic E-state index is 13.2. The monoisotopic (exact) mass is 544 g/mol. The molecule has 0 aliphatic heterocycles. The SMILES string of the molecule is CCOc1ccc(S(=O)(=O)NC(Cc2ccccc2)C(=O)NC(C)c2ccc(Br)cc2)cc1C. The molecular weight excluding hydrogens is 516 g/mol. The molecule has 0 spiro atoms. The number of hydrogen-bond donors (Lipinski definition) is 2. The second-order valence-corrected chi connectivity index (χ2v) is 10.6. The summed E-state index contributed by atoms with van der Waals surface area (Å²) in [6.07, 6.45) is 0.217. The molecule has 3 aromatic rings. The lowest BCUT2D eigenvalue weighted by Crippen LogP contribution is -2.48. The first kappa shape index (κ1) is 25.9. The van der Waals surface area contributed by atoms with Crippen LogP contribution in [-0.2, 0) is 21.2 Å². The van der Waals surface area contributed by atoms with Gasteiger partial charge in [-0.05, 0) is 74.2 Å². The lowest BCUT2D eigenvalue weighted by Gasteiger charge is -2.22. The number of amides is 1. The molecule has 34 heavy (non-hydrogen) atoms. The molecule has 2 N–H and O–H groups in total. The van der Waals surface area contributed by atoms with E-state index in [2.05, 4.69) is 26.0 Å². The van der Waals surface area contributed by atoms with Crippen molar-refractivity contribution in [1.82, 2.24) is 10.0 Å². The predicted octanol–water partition coefficient (Wildman–Crippen LogP) is 4.92. The minimum absolute atomic E-state index is 0.0836. The van der Waals surface area contributed by atoms with Gasteiger partial charge in [0, 0.05) is 4.47 Å². The Morgan fingerprint density at radius 2 is 1.71 bits per heavy atom. The zero-order valence-corrected chi connectivity index (χ0v) is 21.8. The molecular formula is C26H29BrN2O4S. The van der Waals surface area contributed by atoms with Crippen LogP contribution in [0.5, 0.6) is 5.75 Å². The van der Waals surface area contributed by atoms with E-state index >= 15 is 0 Å². The Hall–Kier alpha value is -2.68. The van der Waals surface area contributed by atoms with Gasteiger partial charge in [-0.1, -0.05) is 58.4 Å². The highest BCUT2D eigenvalue weighted by atomic mass is 79.9. The van der Waals surface area contributed by atoms with Gasteiger partial charge in [0.05, 0.1) is 17.5 Å². The third kappa shape index (κ3) is 6.91. The van der Waals surface area contributed by atoms with Gasteiger partial charge in [-0.25, -0.2) is 8.42 Å². The average Bonchev–Trinajstić information content (AvgIpc) is 2.81. The van der Waals surface area contributed by atoms with Crippen LogP contribution in [0.3, 0.4) is 0 Å². The van der Waals surface area contributed by atoms with Crippen molar-refractivity contribution in [3.8, 4) is 5.75 Å². The second-order valence-electron chi connectivity index (χ2n) is 8.01. The van der Waals surface area contributed by atoms with Crippen molar-refractivity contribution in [3.63, 3.8) is 0 Å². The predicted molar refractivity (Wildman–Crippen MR) is 137 cm³/mol. The van der Waals surface area contributed by atoms with E-state index in [1.54, 1.807) is 19.1 Å². The quantitative estimate of drug-likeness (QED) is 0.379. The molecule has 0 aliphatic carbocycles. The van der Waals surface area contributed by atoms with Crippen molar-refractivity contribution in [1.29, 1.82) is 0 Å². The minimum atomic E-state index is -3.96. The van der Waals surface area contributed by atoms with Crippen LogP contribution < -0.4 is 14.8 Å². The van der Waals surface area contributed by atoms with Crippen molar-refractivity contribution in [2.75, 3.05) is 6.61 Å². The highest BCUT2D eigenvalue weighted by Gasteiger charge is 2.27. The second kappa shape index (κ2) is 11.6. The molecule has 0 radical (unpaired) electrons. The highest BCUT2D eigenvalue weighted by Crippen LogP contribution is 2.22. The van der Waals surface area contributed by atoms with E-state index in [-0.39, 0.29) is 17.4 Å². The number of sulfonamides is 1. The van der Waals surface area contributed by atoms with Crippen LogP contribution >= 0.6 is 15.9 Å². The van der Waals surface area contributed by atoms with E-state index in [0.29, 0.717) is 17.9 Å². The zero-order chi connectivity index (χ0) is 24.7. The van der Waals surface area contributed by atoms with Crippen LogP contribution in [0.25, 0.3) is 0 Å². The zero-order valence-electron chi connectivity index (χ0n) is 19.4. The number of rotatable bonds is 10. The molecule has 1 amide bonds.